The third kappa shape index (κ3) is 4.70. The second-order valence-electron chi connectivity index (χ2n) is 5.12. The fourth-order valence-electron chi connectivity index (χ4n) is 1.80. The number of amides is 1. The zero-order valence-electron chi connectivity index (χ0n) is 12.5. The molecule has 1 rings (SSSR count). The van der Waals surface area contributed by atoms with E-state index >= 15 is 0 Å². The van der Waals surface area contributed by atoms with Crippen LogP contribution in [0.4, 0.5) is 0 Å². The van der Waals surface area contributed by atoms with Gasteiger partial charge in [0.25, 0.3) is 0 Å². The van der Waals surface area contributed by atoms with Gasteiger partial charge in [0.15, 0.2) is 0 Å². The second kappa shape index (κ2) is 7.70. The van der Waals surface area contributed by atoms with Crippen LogP contribution in [0.3, 0.4) is 0 Å². The molecule has 0 aliphatic carbocycles. The number of aliphatic hydroxyl groups is 1. The molecule has 0 aromatic heterocycles. The summed E-state index contributed by atoms with van der Waals surface area (Å²) in [6, 6.07) is 5.55. The third-order valence-corrected chi connectivity index (χ3v) is 3.13. The summed E-state index contributed by atoms with van der Waals surface area (Å²) < 4.78 is 5.25. The van der Waals surface area contributed by atoms with Crippen molar-refractivity contribution >= 4 is 12.0 Å². The van der Waals surface area contributed by atoms with Gasteiger partial charge in [-0.3, -0.25) is 4.79 Å². The lowest BCUT2D eigenvalue weighted by Crippen LogP contribution is -2.40. The quantitative estimate of drug-likeness (QED) is 0.783. The number of aryl methyl sites for hydroxylation is 1. The molecule has 1 unspecified atom stereocenters. The zero-order valence-corrected chi connectivity index (χ0v) is 12.5. The zero-order chi connectivity index (χ0) is 15.1. The van der Waals surface area contributed by atoms with E-state index in [1.165, 1.54) is 6.08 Å². The van der Waals surface area contributed by atoms with E-state index in [1.54, 1.807) is 13.2 Å². The molecular weight excluding hydrogens is 254 g/mol. The first-order valence-electron chi connectivity index (χ1n) is 6.72. The maximum Gasteiger partial charge on any atom is 0.244 e. The van der Waals surface area contributed by atoms with Crippen molar-refractivity contribution in [2.24, 2.45) is 5.92 Å². The van der Waals surface area contributed by atoms with Crippen molar-refractivity contribution in [3.63, 3.8) is 0 Å². The van der Waals surface area contributed by atoms with Crippen LogP contribution in [0.1, 0.15) is 25.0 Å². The number of carbonyl (C=O) groups is 1. The van der Waals surface area contributed by atoms with Crippen LogP contribution in [0.2, 0.25) is 0 Å². The van der Waals surface area contributed by atoms with Crippen molar-refractivity contribution in [3.05, 3.63) is 35.4 Å². The first-order valence-corrected chi connectivity index (χ1v) is 6.72. The van der Waals surface area contributed by atoms with Gasteiger partial charge in [-0.1, -0.05) is 25.5 Å². The first-order chi connectivity index (χ1) is 9.47. The van der Waals surface area contributed by atoms with Gasteiger partial charge < -0.3 is 15.2 Å². The topological polar surface area (TPSA) is 58.6 Å². The molecule has 0 fully saturated rings. The number of aliphatic hydroxyl groups excluding tert-OH is 1. The van der Waals surface area contributed by atoms with Gasteiger partial charge in [0.1, 0.15) is 5.75 Å². The summed E-state index contributed by atoms with van der Waals surface area (Å²) >= 11 is 0. The molecule has 1 amide bonds. The molecular formula is C16H23NO3. The highest BCUT2D eigenvalue weighted by molar-refractivity contribution is 5.92. The standard InChI is InChI=1S/C16H23NO3/c1-11(2)14(10-18)17-16(19)8-6-13-9-12(3)5-7-15(13)20-4/h5-9,11,14,18H,10H2,1-4H3,(H,17,19). The smallest absolute Gasteiger partial charge is 0.244 e. The molecule has 0 saturated heterocycles. The summed E-state index contributed by atoms with van der Waals surface area (Å²) in [7, 11) is 1.60. The Morgan fingerprint density at radius 1 is 1.45 bits per heavy atom. The van der Waals surface area contributed by atoms with Crippen LogP contribution in [-0.2, 0) is 4.79 Å². The molecule has 0 radical (unpaired) electrons. The van der Waals surface area contributed by atoms with Crippen LogP contribution >= 0.6 is 0 Å². The van der Waals surface area contributed by atoms with Crippen LogP contribution in [0.5, 0.6) is 5.75 Å². The molecule has 0 spiro atoms. The highest BCUT2D eigenvalue weighted by atomic mass is 16.5. The van der Waals surface area contributed by atoms with E-state index in [0.717, 1.165) is 16.9 Å². The van der Waals surface area contributed by atoms with Crippen LogP contribution in [0, 0.1) is 12.8 Å². The van der Waals surface area contributed by atoms with Gasteiger partial charge in [-0.15, -0.1) is 0 Å². The monoisotopic (exact) mass is 277 g/mol. The second-order valence-corrected chi connectivity index (χ2v) is 5.12. The minimum atomic E-state index is -0.230. The molecule has 20 heavy (non-hydrogen) atoms. The van der Waals surface area contributed by atoms with E-state index in [0.29, 0.717) is 0 Å². The van der Waals surface area contributed by atoms with Crippen molar-refractivity contribution in [2.45, 2.75) is 26.8 Å². The van der Waals surface area contributed by atoms with E-state index in [4.69, 9.17) is 4.74 Å². The van der Waals surface area contributed by atoms with Crippen molar-refractivity contribution in [1.82, 2.24) is 5.32 Å². The number of rotatable bonds is 6. The predicted molar refractivity (Wildman–Crippen MR) is 80.6 cm³/mol. The fraction of sp³-hybridized carbons (Fsp3) is 0.438. The number of benzene rings is 1. The highest BCUT2D eigenvalue weighted by Crippen LogP contribution is 2.20. The Morgan fingerprint density at radius 3 is 2.70 bits per heavy atom. The minimum absolute atomic E-state index is 0.0645. The Hall–Kier alpha value is -1.81. The van der Waals surface area contributed by atoms with Gasteiger partial charge in [-0.2, -0.15) is 0 Å². The molecule has 4 nitrogen and oxygen atoms in total. The lowest BCUT2D eigenvalue weighted by atomic mass is 10.1. The fourth-order valence-corrected chi connectivity index (χ4v) is 1.80. The number of ether oxygens (including phenoxy) is 1. The van der Waals surface area contributed by atoms with Crippen LogP contribution in [0.15, 0.2) is 24.3 Å². The SMILES string of the molecule is COc1ccc(C)cc1C=CC(=O)NC(CO)C(C)C. The van der Waals surface area contributed by atoms with Gasteiger partial charge in [-0.25, -0.2) is 0 Å². The Labute approximate surface area is 120 Å². The normalized spacial score (nSPS) is 12.7. The van der Waals surface area contributed by atoms with Crippen molar-refractivity contribution in [2.75, 3.05) is 13.7 Å². The van der Waals surface area contributed by atoms with E-state index in [9.17, 15) is 9.90 Å². The maximum atomic E-state index is 11.8. The predicted octanol–water partition coefficient (Wildman–Crippen LogP) is 2.15. The summed E-state index contributed by atoms with van der Waals surface area (Å²) in [5.41, 5.74) is 1.95. The molecule has 1 atom stereocenters. The molecule has 1 aromatic rings. The summed E-state index contributed by atoms with van der Waals surface area (Å²) in [5, 5.41) is 12.0. The summed E-state index contributed by atoms with van der Waals surface area (Å²) in [5.74, 6) is 0.689. The minimum Gasteiger partial charge on any atom is -0.496 e. The van der Waals surface area contributed by atoms with Crippen LogP contribution in [-0.4, -0.2) is 30.8 Å². The van der Waals surface area contributed by atoms with E-state index < -0.39 is 0 Å². The molecule has 0 aliphatic rings. The Balaban J connectivity index is 2.77. The van der Waals surface area contributed by atoms with Crippen LogP contribution < -0.4 is 10.1 Å². The van der Waals surface area contributed by atoms with Gasteiger partial charge in [-0.05, 0) is 31.1 Å². The Morgan fingerprint density at radius 2 is 2.15 bits per heavy atom. The third-order valence-electron chi connectivity index (χ3n) is 3.13. The summed E-state index contributed by atoms with van der Waals surface area (Å²) in [4.78, 5) is 11.8. The lowest BCUT2D eigenvalue weighted by Gasteiger charge is -2.18. The average Bonchev–Trinajstić information content (AvgIpc) is 2.42. The van der Waals surface area contributed by atoms with Crippen molar-refractivity contribution in [3.8, 4) is 5.75 Å². The van der Waals surface area contributed by atoms with Gasteiger partial charge in [0, 0.05) is 11.6 Å². The lowest BCUT2D eigenvalue weighted by molar-refractivity contribution is -0.117. The van der Waals surface area contributed by atoms with Gasteiger partial charge in [0.2, 0.25) is 5.91 Å². The van der Waals surface area contributed by atoms with Gasteiger partial charge >= 0.3 is 0 Å². The molecule has 0 saturated carbocycles. The Bertz CT molecular complexity index is 481. The first kappa shape index (κ1) is 16.2. The molecule has 0 bridgehead atoms. The Kier molecular flexibility index (Phi) is 6.25. The average molecular weight is 277 g/mol. The number of carbonyl (C=O) groups excluding carboxylic acids is 1. The van der Waals surface area contributed by atoms with Crippen molar-refractivity contribution in [1.29, 1.82) is 0 Å². The summed E-state index contributed by atoms with van der Waals surface area (Å²) in [6.07, 6.45) is 3.18. The van der Waals surface area contributed by atoms with E-state index in [2.05, 4.69) is 5.32 Å². The number of hydrogen-bond acceptors (Lipinski definition) is 3. The molecule has 110 valence electrons. The molecule has 4 heteroatoms. The molecule has 1 aromatic carbocycles. The summed E-state index contributed by atoms with van der Waals surface area (Å²) in [6.45, 7) is 5.82. The van der Waals surface area contributed by atoms with E-state index in [1.807, 2.05) is 39.0 Å². The number of hydrogen-bond donors (Lipinski definition) is 2. The molecule has 0 heterocycles. The van der Waals surface area contributed by atoms with Crippen LogP contribution in [0.25, 0.3) is 6.08 Å². The number of methoxy groups -OCH3 is 1. The van der Waals surface area contributed by atoms with Gasteiger partial charge in [0.05, 0.1) is 19.8 Å². The molecule has 0 aliphatic heterocycles. The number of nitrogens with one attached hydrogen (secondary N) is 1. The maximum absolute atomic E-state index is 11.8. The largest absolute Gasteiger partial charge is 0.496 e. The molecule has 2 N–H and O–H groups in total. The highest BCUT2D eigenvalue weighted by Gasteiger charge is 2.13. The van der Waals surface area contributed by atoms with Crippen molar-refractivity contribution < 1.29 is 14.6 Å². The van der Waals surface area contributed by atoms with E-state index in [-0.39, 0.29) is 24.5 Å².